The summed E-state index contributed by atoms with van der Waals surface area (Å²) in [5, 5.41) is 0. The Morgan fingerprint density at radius 1 is 0.712 bits per heavy atom. The van der Waals surface area contributed by atoms with Gasteiger partial charge in [0.1, 0.15) is 49.3 Å². The Morgan fingerprint density at radius 2 is 1.24 bits per heavy atom. The Labute approximate surface area is 381 Å². The van der Waals surface area contributed by atoms with Gasteiger partial charge in [-0.25, -0.2) is 14.5 Å². The minimum absolute atomic E-state index is 0.0743. The number of ether oxygens (including phenoxy) is 12. The van der Waals surface area contributed by atoms with E-state index in [1.165, 1.54) is 7.11 Å². The molecule has 3 saturated heterocycles. The van der Waals surface area contributed by atoms with Crippen molar-refractivity contribution < 1.29 is 85.6 Å². The lowest BCUT2D eigenvalue weighted by atomic mass is 9.88. The summed E-state index contributed by atoms with van der Waals surface area (Å²) in [5.41, 5.74) is 2.54. The van der Waals surface area contributed by atoms with E-state index in [4.69, 9.17) is 56.8 Å². The number of methoxy groups -OCH3 is 2. The number of benzene rings is 3. The molecule has 356 valence electrons. The fourth-order valence-corrected chi connectivity index (χ4v) is 8.15. The second kappa shape index (κ2) is 23.1. The summed E-state index contributed by atoms with van der Waals surface area (Å²) in [5.74, 6) is -7.02. The molecule has 0 radical (unpaired) electrons. The van der Waals surface area contributed by atoms with E-state index in [0.29, 0.717) is 0 Å². The van der Waals surface area contributed by atoms with E-state index in [0.717, 1.165) is 56.4 Å². The van der Waals surface area contributed by atoms with Crippen LogP contribution in [0.1, 0.15) is 50.8 Å². The minimum atomic E-state index is -2.51. The standard InChI is InChI=1S/C47H55NO18/c1-28(49)48-38-35(65-46(48)54)22-47(45(53)56-6,66-41(38)40(63-31(4)52)36(62-30(3)51)26-57-29(2)50)61-27-37-39(58-23-32-16-10-7-11-17-32)42(59-24-33-18-12-8-13-19-33)43(44(55-5)64-37)60-25-34-20-14-9-15-21-34/h7-21,35-44H,22-27H2,1-6H3/t35-,36+,37+,38+,39-,40+,41+,42-,43+,44+,47+/m0/s1. The lowest BCUT2D eigenvalue weighted by molar-refractivity contribution is -0.347. The molecule has 11 atom stereocenters. The second-order valence-electron chi connectivity index (χ2n) is 15.7. The number of imide groups is 1. The summed E-state index contributed by atoms with van der Waals surface area (Å²) in [6.45, 7) is 3.47. The van der Waals surface area contributed by atoms with Crippen molar-refractivity contribution in [3.63, 3.8) is 0 Å². The summed E-state index contributed by atoms with van der Waals surface area (Å²) in [6, 6.07) is 26.9. The number of amides is 2. The molecule has 3 aliphatic heterocycles. The molecule has 3 aliphatic rings. The minimum Gasteiger partial charge on any atom is -0.465 e. The molecule has 0 aromatic heterocycles. The van der Waals surface area contributed by atoms with Crippen molar-refractivity contribution in [3.8, 4) is 0 Å². The monoisotopic (exact) mass is 921 g/mol. The number of hydrogen-bond acceptors (Lipinski definition) is 18. The molecule has 0 bridgehead atoms. The van der Waals surface area contributed by atoms with Gasteiger partial charge in [-0.15, -0.1) is 0 Å². The molecule has 19 heteroatoms. The third-order valence-corrected chi connectivity index (χ3v) is 11.0. The van der Waals surface area contributed by atoms with Crippen LogP contribution in [0.4, 0.5) is 4.79 Å². The van der Waals surface area contributed by atoms with Gasteiger partial charge in [0, 0.05) is 34.8 Å². The summed E-state index contributed by atoms with van der Waals surface area (Å²) >= 11 is 0. The summed E-state index contributed by atoms with van der Waals surface area (Å²) in [4.78, 5) is 78.6. The molecule has 66 heavy (non-hydrogen) atoms. The van der Waals surface area contributed by atoms with Gasteiger partial charge in [0.25, 0.3) is 5.79 Å². The van der Waals surface area contributed by atoms with E-state index in [1.54, 1.807) is 0 Å². The van der Waals surface area contributed by atoms with Crippen LogP contribution in [-0.2, 0) is 101 Å². The van der Waals surface area contributed by atoms with E-state index in [2.05, 4.69) is 0 Å². The van der Waals surface area contributed by atoms with Gasteiger partial charge < -0.3 is 56.8 Å². The van der Waals surface area contributed by atoms with Crippen LogP contribution in [0.2, 0.25) is 0 Å². The molecule has 0 unspecified atom stereocenters. The second-order valence-corrected chi connectivity index (χ2v) is 15.7. The smallest absolute Gasteiger partial charge is 0.417 e. The topological polar surface area (TPSA) is 216 Å². The van der Waals surface area contributed by atoms with Gasteiger partial charge >= 0.3 is 30.0 Å². The molecule has 3 heterocycles. The lowest BCUT2D eigenvalue weighted by Gasteiger charge is -2.48. The maximum absolute atomic E-state index is 14.2. The Morgan fingerprint density at radius 3 is 1.73 bits per heavy atom. The number of hydrogen-bond donors (Lipinski definition) is 0. The van der Waals surface area contributed by atoms with E-state index < -0.39 is 122 Å². The van der Waals surface area contributed by atoms with E-state index in [-0.39, 0.29) is 19.8 Å². The first-order valence-electron chi connectivity index (χ1n) is 21.3. The molecule has 3 fully saturated rings. The van der Waals surface area contributed by atoms with Gasteiger partial charge in [0.05, 0.1) is 40.0 Å². The highest BCUT2D eigenvalue weighted by Crippen LogP contribution is 2.43. The first kappa shape index (κ1) is 49.6. The number of nitrogens with zero attached hydrogens (tertiary/aromatic N) is 1. The van der Waals surface area contributed by atoms with Crippen molar-refractivity contribution in [1.29, 1.82) is 0 Å². The average Bonchev–Trinajstić information content (AvgIpc) is 3.65. The van der Waals surface area contributed by atoms with Gasteiger partial charge in [-0.05, 0) is 16.7 Å². The molecule has 2 amide bonds. The van der Waals surface area contributed by atoms with Gasteiger partial charge in [0.2, 0.25) is 5.91 Å². The number of carbonyl (C=O) groups excluding carboxylic acids is 6. The van der Waals surface area contributed by atoms with Gasteiger partial charge in [-0.3, -0.25) is 19.2 Å². The predicted octanol–water partition coefficient (Wildman–Crippen LogP) is 3.95. The van der Waals surface area contributed by atoms with Crippen LogP contribution in [0.5, 0.6) is 0 Å². The molecule has 0 spiro atoms. The van der Waals surface area contributed by atoms with Crippen LogP contribution in [0.3, 0.4) is 0 Å². The summed E-state index contributed by atoms with van der Waals surface area (Å²) in [7, 11) is 2.50. The lowest BCUT2D eigenvalue weighted by Crippen LogP contribution is -2.68. The third kappa shape index (κ3) is 12.3. The van der Waals surface area contributed by atoms with Crippen LogP contribution in [0.25, 0.3) is 0 Å². The van der Waals surface area contributed by atoms with E-state index in [9.17, 15) is 28.8 Å². The molecule has 3 aromatic rings. The molecular formula is C47H55NO18. The van der Waals surface area contributed by atoms with Crippen molar-refractivity contribution in [3.05, 3.63) is 108 Å². The molecule has 0 saturated carbocycles. The fraction of sp³-hybridized carbons (Fsp3) is 0.489. The van der Waals surface area contributed by atoms with Gasteiger partial charge in [-0.2, -0.15) is 0 Å². The molecule has 0 N–H and O–H groups in total. The first-order chi connectivity index (χ1) is 31.7. The molecular weight excluding hydrogens is 867 g/mol. The summed E-state index contributed by atoms with van der Waals surface area (Å²) in [6.07, 6.45) is -13.2. The summed E-state index contributed by atoms with van der Waals surface area (Å²) < 4.78 is 72.7. The SMILES string of the molecule is COC(=O)[C@@]1(OC[C@H]2O[C@@H](OC)[C@H](OCc3ccccc3)[C@@H](OCc3ccccc3)[C@H]2OCc2ccccc2)C[C@@H]2OC(=O)N(C(C)=O)[C@H]2[C@H]([C@H](OC(C)=O)[C@@H](COC(C)=O)OC(C)=O)O1. The first-order valence-corrected chi connectivity index (χ1v) is 21.3. The number of fused-ring (bicyclic) bond motifs is 1. The third-order valence-electron chi connectivity index (χ3n) is 11.0. The zero-order valence-electron chi connectivity index (χ0n) is 37.5. The van der Waals surface area contributed by atoms with Crippen LogP contribution in [0.15, 0.2) is 91.0 Å². The predicted molar refractivity (Wildman–Crippen MR) is 225 cm³/mol. The molecule has 3 aromatic carbocycles. The Hall–Kier alpha value is -5.80. The normalized spacial score (nSPS) is 26.8. The quantitative estimate of drug-likeness (QED) is 0.116. The highest BCUT2D eigenvalue weighted by Gasteiger charge is 2.65. The molecule has 0 aliphatic carbocycles. The van der Waals surface area contributed by atoms with Crippen molar-refractivity contribution in [2.45, 2.75) is 121 Å². The van der Waals surface area contributed by atoms with Crippen LogP contribution in [-0.4, -0.2) is 135 Å². The largest absolute Gasteiger partial charge is 0.465 e. The molecule has 19 nitrogen and oxygen atoms in total. The maximum atomic E-state index is 14.2. The fourth-order valence-electron chi connectivity index (χ4n) is 8.15. The van der Waals surface area contributed by atoms with E-state index >= 15 is 0 Å². The average molecular weight is 922 g/mol. The van der Waals surface area contributed by atoms with Crippen molar-refractivity contribution in [1.82, 2.24) is 4.90 Å². The van der Waals surface area contributed by atoms with Crippen LogP contribution in [0, 0.1) is 0 Å². The Kier molecular flexibility index (Phi) is 17.4. The van der Waals surface area contributed by atoms with Crippen LogP contribution < -0.4 is 0 Å². The Bertz CT molecular complexity index is 2110. The zero-order valence-corrected chi connectivity index (χ0v) is 37.5. The maximum Gasteiger partial charge on any atom is 0.417 e. The number of carbonyl (C=O) groups is 6. The Balaban J connectivity index is 1.40. The van der Waals surface area contributed by atoms with Gasteiger partial charge in [0.15, 0.2) is 18.5 Å². The number of esters is 4. The molecule has 6 rings (SSSR count). The highest BCUT2D eigenvalue weighted by molar-refractivity contribution is 5.93. The van der Waals surface area contributed by atoms with Crippen molar-refractivity contribution >= 4 is 35.9 Å². The van der Waals surface area contributed by atoms with E-state index in [1.807, 2.05) is 91.0 Å². The van der Waals surface area contributed by atoms with Gasteiger partial charge in [-0.1, -0.05) is 91.0 Å². The van der Waals surface area contributed by atoms with Crippen molar-refractivity contribution in [2.75, 3.05) is 27.4 Å². The van der Waals surface area contributed by atoms with Crippen LogP contribution >= 0.6 is 0 Å². The van der Waals surface area contributed by atoms with Crippen molar-refractivity contribution in [2.24, 2.45) is 0 Å². The highest BCUT2D eigenvalue weighted by atomic mass is 16.8. The zero-order chi connectivity index (χ0) is 47.4. The number of rotatable bonds is 20.